The van der Waals surface area contributed by atoms with Crippen molar-refractivity contribution in [2.45, 2.75) is 59.3 Å². The van der Waals surface area contributed by atoms with E-state index in [0.29, 0.717) is 6.79 Å². The van der Waals surface area contributed by atoms with Crippen molar-refractivity contribution in [3.05, 3.63) is 47.1 Å². The largest absolute Gasteiger partial charge is 0.454 e. The minimum Gasteiger partial charge on any atom is -0.454 e. The van der Waals surface area contributed by atoms with Crippen LogP contribution in [0.5, 0.6) is 11.5 Å². The first-order valence-corrected chi connectivity index (χ1v) is 8.45. The summed E-state index contributed by atoms with van der Waals surface area (Å²) in [4.78, 5) is 0. The Balaban J connectivity index is 1.82. The Morgan fingerprint density at radius 3 is 2.64 bits per heavy atom. The van der Waals surface area contributed by atoms with Gasteiger partial charge in [-0.3, -0.25) is 0 Å². The van der Waals surface area contributed by atoms with E-state index in [0.717, 1.165) is 37.2 Å². The smallest absolute Gasteiger partial charge is 0.231 e. The summed E-state index contributed by atoms with van der Waals surface area (Å²) < 4.78 is 10.8. The van der Waals surface area contributed by atoms with E-state index >= 15 is 0 Å². The molecule has 120 valence electrons. The lowest BCUT2D eigenvalue weighted by Crippen LogP contribution is -1.93. The molecule has 0 aliphatic carbocycles. The summed E-state index contributed by atoms with van der Waals surface area (Å²) in [6.45, 7) is 7.04. The highest BCUT2D eigenvalue weighted by molar-refractivity contribution is 5.44. The number of fused-ring (bicyclic) bond motifs is 1. The van der Waals surface area contributed by atoms with Gasteiger partial charge in [-0.15, -0.1) is 0 Å². The summed E-state index contributed by atoms with van der Waals surface area (Å²) in [5.41, 5.74) is 4.38. The van der Waals surface area contributed by atoms with Crippen LogP contribution < -0.4 is 9.47 Å². The van der Waals surface area contributed by atoms with Crippen molar-refractivity contribution in [1.82, 2.24) is 0 Å². The topological polar surface area (TPSA) is 18.5 Å². The molecule has 0 amide bonds. The third-order valence-corrected chi connectivity index (χ3v) is 4.27. The Hall–Kier alpha value is -1.70. The maximum atomic E-state index is 5.43. The molecule has 0 unspecified atom stereocenters. The molecule has 0 radical (unpaired) electrons. The molecule has 0 aromatic heterocycles. The molecule has 2 nitrogen and oxygen atoms in total. The molecule has 0 saturated carbocycles. The van der Waals surface area contributed by atoms with Crippen LogP contribution in [-0.2, 0) is 6.42 Å². The summed E-state index contributed by atoms with van der Waals surface area (Å²) in [5, 5.41) is 0. The highest BCUT2D eigenvalue weighted by Gasteiger charge is 2.12. The Morgan fingerprint density at radius 2 is 1.86 bits per heavy atom. The fraction of sp³-hybridized carbons (Fsp3) is 0.500. The summed E-state index contributed by atoms with van der Waals surface area (Å²) in [5.74, 6) is 1.75. The van der Waals surface area contributed by atoms with Gasteiger partial charge in [-0.1, -0.05) is 43.2 Å². The Kier molecular flexibility index (Phi) is 6.57. The van der Waals surface area contributed by atoms with E-state index in [1.807, 2.05) is 6.07 Å². The summed E-state index contributed by atoms with van der Waals surface area (Å²) in [6.07, 6.45) is 11.6. The van der Waals surface area contributed by atoms with Crippen LogP contribution in [0.1, 0.15) is 58.4 Å². The molecule has 1 aliphatic heterocycles. The number of rotatable bonds is 8. The van der Waals surface area contributed by atoms with Gasteiger partial charge in [0.05, 0.1) is 0 Å². The van der Waals surface area contributed by atoms with Gasteiger partial charge in [0.25, 0.3) is 0 Å². The van der Waals surface area contributed by atoms with E-state index in [1.165, 1.54) is 24.0 Å². The minimum atomic E-state index is 0.351. The van der Waals surface area contributed by atoms with Gasteiger partial charge in [-0.2, -0.15) is 0 Å². The number of benzene rings is 1. The second-order valence-electron chi connectivity index (χ2n) is 5.88. The molecule has 1 heterocycles. The molecule has 0 saturated heterocycles. The van der Waals surface area contributed by atoms with E-state index in [-0.39, 0.29) is 0 Å². The van der Waals surface area contributed by atoms with Crippen LogP contribution in [0.25, 0.3) is 0 Å². The molecule has 0 fully saturated rings. The molecule has 0 bridgehead atoms. The van der Waals surface area contributed by atoms with Gasteiger partial charge < -0.3 is 9.47 Å². The van der Waals surface area contributed by atoms with Crippen LogP contribution in [0.2, 0.25) is 0 Å². The van der Waals surface area contributed by atoms with Crippen molar-refractivity contribution in [2.75, 3.05) is 6.79 Å². The molecule has 0 N–H and O–H groups in total. The number of allylic oxidation sites excluding steroid dienone is 4. The predicted molar refractivity (Wildman–Crippen MR) is 92.5 cm³/mol. The standard InChI is InChI=1S/C20H28O2/c1-4-16(3)8-6-9-17(5-2)10-7-11-18-12-13-19-20(14-18)22-15-21-19/h8,10,12-14H,4-7,9,11,15H2,1-3H3. The Labute approximate surface area is 134 Å². The van der Waals surface area contributed by atoms with Gasteiger partial charge in [0.2, 0.25) is 6.79 Å². The number of hydrogen-bond donors (Lipinski definition) is 0. The van der Waals surface area contributed by atoms with Crippen LogP contribution >= 0.6 is 0 Å². The average Bonchev–Trinajstić information content (AvgIpc) is 3.00. The van der Waals surface area contributed by atoms with Gasteiger partial charge in [0.15, 0.2) is 11.5 Å². The number of ether oxygens (including phenoxy) is 2. The van der Waals surface area contributed by atoms with Gasteiger partial charge >= 0.3 is 0 Å². The second-order valence-corrected chi connectivity index (χ2v) is 5.88. The molecule has 22 heavy (non-hydrogen) atoms. The SMILES string of the molecule is CCC(C)=CCCC(=CCCc1ccc2c(c1)OCO2)CC. The van der Waals surface area contributed by atoms with Crippen molar-refractivity contribution < 1.29 is 9.47 Å². The third kappa shape index (κ3) is 4.94. The normalized spacial score (nSPS) is 14.5. The quantitative estimate of drug-likeness (QED) is 0.563. The zero-order valence-electron chi connectivity index (χ0n) is 14.2. The van der Waals surface area contributed by atoms with Crippen LogP contribution in [0, 0.1) is 0 Å². The molecule has 2 rings (SSSR count). The molecular weight excluding hydrogens is 272 g/mol. The average molecular weight is 300 g/mol. The number of aryl methyl sites for hydroxylation is 1. The third-order valence-electron chi connectivity index (χ3n) is 4.27. The van der Waals surface area contributed by atoms with Crippen molar-refractivity contribution >= 4 is 0 Å². The summed E-state index contributed by atoms with van der Waals surface area (Å²) in [7, 11) is 0. The van der Waals surface area contributed by atoms with E-state index in [2.05, 4.69) is 45.1 Å². The maximum Gasteiger partial charge on any atom is 0.231 e. The molecule has 1 aliphatic rings. The lowest BCUT2D eigenvalue weighted by atomic mass is 10.0. The highest BCUT2D eigenvalue weighted by Crippen LogP contribution is 2.32. The first-order chi connectivity index (χ1) is 10.7. The molecule has 1 aromatic carbocycles. The second kappa shape index (κ2) is 8.67. The van der Waals surface area contributed by atoms with Crippen molar-refractivity contribution in [2.24, 2.45) is 0 Å². The van der Waals surface area contributed by atoms with Crippen LogP contribution in [-0.4, -0.2) is 6.79 Å². The highest BCUT2D eigenvalue weighted by atomic mass is 16.7. The zero-order valence-corrected chi connectivity index (χ0v) is 14.2. The Morgan fingerprint density at radius 1 is 1.05 bits per heavy atom. The predicted octanol–water partition coefficient (Wildman–Crippen LogP) is 5.82. The first-order valence-electron chi connectivity index (χ1n) is 8.45. The van der Waals surface area contributed by atoms with E-state index in [1.54, 1.807) is 5.57 Å². The molecule has 0 spiro atoms. The molecule has 0 atom stereocenters. The lowest BCUT2D eigenvalue weighted by Gasteiger charge is -2.05. The van der Waals surface area contributed by atoms with Gasteiger partial charge in [-0.25, -0.2) is 0 Å². The summed E-state index contributed by atoms with van der Waals surface area (Å²) in [6, 6.07) is 6.26. The molecule has 1 aromatic rings. The molecule has 2 heteroatoms. The van der Waals surface area contributed by atoms with E-state index in [9.17, 15) is 0 Å². The van der Waals surface area contributed by atoms with Crippen LogP contribution in [0.15, 0.2) is 41.5 Å². The van der Waals surface area contributed by atoms with Crippen LogP contribution in [0.3, 0.4) is 0 Å². The number of hydrogen-bond acceptors (Lipinski definition) is 2. The fourth-order valence-electron chi connectivity index (χ4n) is 2.61. The van der Waals surface area contributed by atoms with Crippen LogP contribution in [0.4, 0.5) is 0 Å². The van der Waals surface area contributed by atoms with Crippen molar-refractivity contribution in [3.63, 3.8) is 0 Å². The minimum absolute atomic E-state index is 0.351. The monoisotopic (exact) mass is 300 g/mol. The van der Waals surface area contributed by atoms with Gasteiger partial charge in [0.1, 0.15) is 0 Å². The van der Waals surface area contributed by atoms with Crippen molar-refractivity contribution in [1.29, 1.82) is 0 Å². The molecular formula is C20H28O2. The first kappa shape index (κ1) is 16.7. The van der Waals surface area contributed by atoms with E-state index in [4.69, 9.17) is 9.47 Å². The van der Waals surface area contributed by atoms with Gasteiger partial charge in [0, 0.05) is 0 Å². The Bertz CT molecular complexity index is 541. The van der Waals surface area contributed by atoms with E-state index < -0.39 is 0 Å². The zero-order chi connectivity index (χ0) is 15.8. The van der Waals surface area contributed by atoms with Gasteiger partial charge in [-0.05, 0) is 63.1 Å². The maximum absolute atomic E-state index is 5.43. The van der Waals surface area contributed by atoms with Crippen molar-refractivity contribution in [3.8, 4) is 11.5 Å². The summed E-state index contributed by atoms with van der Waals surface area (Å²) >= 11 is 0. The fourth-order valence-corrected chi connectivity index (χ4v) is 2.61. The lowest BCUT2D eigenvalue weighted by molar-refractivity contribution is 0.174.